The Kier molecular flexibility index (Phi) is 4.93. The standard InChI is InChI=1S/C18H21N3O3/c1-2-24-18(23)19-14-7-5-11-21(12-14)17(22)16-10-9-13-6-3-4-8-15(13)20-16/h3-4,6,8-10,14H,2,5,7,11-12H2,1H3,(H,19,23)/t14-/m0/s1. The fourth-order valence-corrected chi connectivity index (χ4v) is 2.97. The summed E-state index contributed by atoms with van der Waals surface area (Å²) in [5.41, 5.74) is 1.24. The highest BCUT2D eigenvalue weighted by Crippen LogP contribution is 2.16. The Bertz CT molecular complexity index is 747. The third-order valence-corrected chi connectivity index (χ3v) is 4.12. The van der Waals surface area contributed by atoms with Crippen LogP contribution in [0.5, 0.6) is 0 Å². The number of fused-ring (bicyclic) bond motifs is 1. The highest BCUT2D eigenvalue weighted by molar-refractivity contribution is 5.95. The van der Waals surface area contributed by atoms with Gasteiger partial charge in [-0.1, -0.05) is 24.3 Å². The van der Waals surface area contributed by atoms with E-state index < -0.39 is 6.09 Å². The molecule has 0 spiro atoms. The molecule has 126 valence electrons. The molecule has 0 unspecified atom stereocenters. The molecule has 1 aromatic carbocycles. The normalized spacial score (nSPS) is 17.5. The summed E-state index contributed by atoms with van der Waals surface area (Å²) in [4.78, 5) is 30.5. The zero-order chi connectivity index (χ0) is 16.9. The Morgan fingerprint density at radius 3 is 2.96 bits per heavy atom. The van der Waals surface area contributed by atoms with E-state index in [2.05, 4.69) is 10.3 Å². The highest BCUT2D eigenvalue weighted by Gasteiger charge is 2.26. The molecular weight excluding hydrogens is 306 g/mol. The van der Waals surface area contributed by atoms with E-state index in [9.17, 15) is 9.59 Å². The number of amides is 2. The molecule has 1 aliphatic heterocycles. The molecule has 1 atom stereocenters. The highest BCUT2D eigenvalue weighted by atomic mass is 16.5. The third kappa shape index (κ3) is 3.64. The van der Waals surface area contributed by atoms with Gasteiger partial charge in [0.15, 0.2) is 0 Å². The Hall–Kier alpha value is -2.63. The first-order chi connectivity index (χ1) is 11.7. The molecule has 1 saturated heterocycles. The van der Waals surface area contributed by atoms with Gasteiger partial charge < -0.3 is 15.0 Å². The van der Waals surface area contributed by atoms with Crippen molar-refractivity contribution >= 4 is 22.9 Å². The Labute approximate surface area is 140 Å². The maximum absolute atomic E-state index is 12.7. The van der Waals surface area contributed by atoms with Gasteiger partial charge in [0, 0.05) is 24.5 Å². The second-order valence-electron chi connectivity index (χ2n) is 5.84. The molecule has 6 nitrogen and oxygen atoms in total. The molecule has 1 aliphatic rings. The number of carbonyl (C=O) groups excluding carboxylic acids is 2. The molecule has 2 heterocycles. The molecule has 1 aromatic heterocycles. The molecule has 0 bridgehead atoms. The molecule has 24 heavy (non-hydrogen) atoms. The molecule has 1 fully saturated rings. The Balaban J connectivity index is 1.70. The van der Waals surface area contributed by atoms with Gasteiger partial charge in [-0.05, 0) is 31.9 Å². The minimum Gasteiger partial charge on any atom is -0.450 e. The zero-order valence-corrected chi connectivity index (χ0v) is 13.7. The second-order valence-corrected chi connectivity index (χ2v) is 5.84. The lowest BCUT2D eigenvalue weighted by Gasteiger charge is -2.32. The molecule has 6 heteroatoms. The second kappa shape index (κ2) is 7.29. The lowest BCUT2D eigenvalue weighted by Crippen LogP contribution is -2.49. The Morgan fingerprint density at radius 2 is 2.12 bits per heavy atom. The summed E-state index contributed by atoms with van der Waals surface area (Å²) in [7, 11) is 0. The van der Waals surface area contributed by atoms with E-state index in [1.807, 2.05) is 30.3 Å². The number of rotatable bonds is 3. The van der Waals surface area contributed by atoms with Gasteiger partial charge in [-0.15, -0.1) is 0 Å². The van der Waals surface area contributed by atoms with Crippen molar-refractivity contribution in [2.45, 2.75) is 25.8 Å². The van der Waals surface area contributed by atoms with Crippen LogP contribution in [0.1, 0.15) is 30.3 Å². The fraction of sp³-hybridized carbons (Fsp3) is 0.389. The number of hydrogen-bond acceptors (Lipinski definition) is 4. The predicted octanol–water partition coefficient (Wildman–Crippen LogP) is 2.59. The van der Waals surface area contributed by atoms with Crippen molar-refractivity contribution in [3.05, 3.63) is 42.1 Å². The zero-order valence-electron chi connectivity index (χ0n) is 13.7. The average Bonchev–Trinajstić information content (AvgIpc) is 2.61. The number of nitrogens with zero attached hydrogens (tertiary/aromatic N) is 2. The summed E-state index contributed by atoms with van der Waals surface area (Å²) in [5, 5.41) is 3.82. The van der Waals surface area contributed by atoms with Gasteiger partial charge >= 0.3 is 6.09 Å². The van der Waals surface area contributed by atoms with E-state index in [1.54, 1.807) is 17.9 Å². The monoisotopic (exact) mass is 327 g/mol. The van der Waals surface area contributed by atoms with Crippen LogP contribution in [0.15, 0.2) is 36.4 Å². The van der Waals surface area contributed by atoms with Crippen LogP contribution in [-0.4, -0.2) is 47.6 Å². The number of alkyl carbamates (subject to hydrolysis) is 1. The minimum absolute atomic E-state index is 0.0813. The van der Waals surface area contributed by atoms with Gasteiger partial charge in [0.25, 0.3) is 5.91 Å². The number of nitrogens with one attached hydrogen (secondary N) is 1. The number of likely N-dealkylation sites (tertiary alicyclic amines) is 1. The molecule has 1 N–H and O–H groups in total. The van der Waals surface area contributed by atoms with Crippen LogP contribution >= 0.6 is 0 Å². The van der Waals surface area contributed by atoms with Crippen molar-refractivity contribution < 1.29 is 14.3 Å². The van der Waals surface area contributed by atoms with E-state index in [4.69, 9.17) is 4.74 Å². The number of hydrogen-bond donors (Lipinski definition) is 1. The van der Waals surface area contributed by atoms with Gasteiger partial charge in [0.2, 0.25) is 0 Å². The van der Waals surface area contributed by atoms with Gasteiger partial charge in [-0.3, -0.25) is 4.79 Å². The number of pyridine rings is 1. The van der Waals surface area contributed by atoms with Gasteiger partial charge in [-0.25, -0.2) is 9.78 Å². The van der Waals surface area contributed by atoms with E-state index in [-0.39, 0.29) is 11.9 Å². The van der Waals surface area contributed by atoms with E-state index in [0.29, 0.717) is 25.4 Å². The van der Waals surface area contributed by atoms with Crippen molar-refractivity contribution in [3.8, 4) is 0 Å². The van der Waals surface area contributed by atoms with Crippen molar-refractivity contribution in [1.29, 1.82) is 0 Å². The first-order valence-electron chi connectivity index (χ1n) is 8.25. The molecule has 2 aromatic rings. The molecule has 0 radical (unpaired) electrons. The Morgan fingerprint density at radius 1 is 1.29 bits per heavy atom. The van der Waals surface area contributed by atoms with Crippen LogP contribution in [-0.2, 0) is 4.74 Å². The summed E-state index contributed by atoms with van der Waals surface area (Å²) < 4.78 is 4.91. The minimum atomic E-state index is -0.430. The van der Waals surface area contributed by atoms with E-state index >= 15 is 0 Å². The van der Waals surface area contributed by atoms with Crippen molar-refractivity contribution in [2.75, 3.05) is 19.7 Å². The van der Waals surface area contributed by atoms with Gasteiger partial charge in [-0.2, -0.15) is 0 Å². The van der Waals surface area contributed by atoms with E-state index in [0.717, 1.165) is 23.7 Å². The number of carbonyl (C=O) groups is 2. The summed E-state index contributed by atoms with van der Waals surface area (Å²) in [5.74, 6) is -0.101. The summed E-state index contributed by atoms with van der Waals surface area (Å²) in [6, 6.07) is 11.3. The van der Waals surface area contributed by atoms with Crippen LogP contribution in [0.4, 0.5) is 4.79 Å². The lowest BCUT2D eigenvalue weighted by atomic mass is 10.1. The topological polar surface area (TPSA) is 71.5 Å². The summed E-state index contributed by atoms with van der Waals surface area (Å²) >= 11 is 0. The molecule has 3 rings (SSSR count). The molecule has 0 saturated carbocycles. The largest absolute Gasteiger partial charge is 0.450 e. The SMILES string of the molecule is CCOC(=O)N[C@H]1CCCN(C(=O)c2ccc3ccccc3n2)C1. The maximum Gasteiger partial charge on any atom is 0.407 e. The van der Waals surface area contributed by atoms with Gasteiger partial charge in [0.1, 0.15) is 5.69 Å². The first-order valence-corrected chi connectivity index (χ1v) is 8.25. The van der Waals surface area contributed by atoms with Crippen LogP contribution in [0.2, 0.25) is 0 Å². The third-order valence-electron chi connectivity index (χ3n) is 4.12. The van der Waals surface area contributed by atoms with Crippen molar-refractivity contribution in [1.82, 2.24) is 15.2 Å². The molecule has 2 amide bonds. The quantitative estimate of drug-likeness (QED) is 0.940. The number of piperidine rings is 1. The molecule has 0 aliphatic carbocycles. The predicted molar refractivity (Wildman–Crippen MR) is 90.8 cm³/mol. The fourth-order valence-electron chi connectivity index (χ4n) is 2.97. The first kappa shape index (κ1) is 16.2. The summed E-state index contributed by atoms with van der Waals surface area (Å²) in [6.45, 7) is 3.25. The van der Waals surface area contributed by atoms with Crippen LogP contribution < -0.4 is 5.32 Å². The van der Waals surface area contributed by atoms with Crippen molar-refractivity contribution in [2.24, 2.45) is 0 Å². The number of benzene rings is 1. The van der Waals surface area contributed by atoms with Crippen LogP contribution in [0.25, 0.3) is 10.9 Å². The number of aromatic nitrogens is 1. The number of para-hydroxylation sites is 1. The van der Waals surface area contributed by atoms with E-state index in [1.165, 1.54) is 0 Å². The summed E-state index contributed by atoms with van der Waals surface area (Å²) in [6.07, 6.45) is 1.25. The maximum atomic E-state index is 12.7. The smallest absolute Gasteiger partial charge is 0.407 e. The van der Waals surface area contributed by atoms with Crippen LogP contribution in [0.3, 0.4) is 0 Å². The molecular formula is C18H21N3O3. The average molecular weight is 327 g/mol. The number of ether oxygens (including phenoxy) is 1. The van der Waals surface area contributed by atoms with Crippen LogP contribution in [0, 0.1) is 0 Å². The van der Waals surface area contributed by atoms with Crippen molar-refractivity contribution in [3.63, 3.8) is 0 Å². The van der Waals surface area contributed by atoms with Gasteiger partial charge in [0.05, 0.1) is 12.1 Å². The lowest BCUT2D eigenvalue weighted by molar-refractivity contribution is 0.0681.